The molecule has 0 fully saturated rings. The molecule has 2 rings (SSSR count). The van der Waals surface area contributed by atoms with Gasteiger partial charge in [-0.2, -0.15) is 0 Å². The Morgan fingerprint density at radius 3 is 2.55 bits per heavy atom. The summed E-state index contributed by atoms with van der Waals surface area (Å²) >= 11 is 5.39. The Hall–Kier alpha value is -1.14. The fourth-order valence-electron chi connectivity index (χ4n) is 2.43. The minimum atomic E-state index is -3.28. The number of rotatable bonds is 4. The van der Waals surface area contributed by atoms with Gasteiger partial charge in [0.25, 0.3) is 0 Å². The van der Waals surface area contributed by atoms with E-state index >= 15 is 0 Å². The van der Waals surface area contributed by atoms with Gasteiger partial charge in [-0.05, 0) is 37.2 Å². The number of nitrogens with zero attached hydrogens (tertiary/aromatic N) is 1. The zero-order valence-electron chi connectivity index (χ0n) is 12.2. The van der Waals surface area contributed by atoms with E-state index in [0.717, 1.165) is 11.9 Å². The maximum atomic E-state index is 11.9. The lowest BCUT2D eigenvalue weighted by atomic mass is 10.0. The van der Waals surface area contributed by atoms with Crippen LogP contribution in [0.15, 0.2) is 23.1 Å². The first-order valence-electron chi connectivity index (χ1n) is 6.70. The standard InChI is InChI=1S/C14H20N2O2S2/c1-5-9(2)10(3)16-11-7-6-8-12(20(4,17)18)13(11)15-14(16)19/h6-10H,5H2,1-4H3,(H,15,19). The van der Waals surface area contributed by atoms with Gasteiger partial charge in [-0.15, -0.1) is 0 Å². The molecule has 6 heteroatoms. The molecule has 0 saturated heterocycles. The van der Waals surface area contributed by atoms with E-state index in [1.807, 2.05) is 10.6 Å². The highest BCUT2D eigenvalue weighted by Crippen LogP contribution is 2.29. The minimum absolute atomic E-state index is 0.219. The van der Waals surface area contributed by atoms with Crippen molar-refractivity contribution in [3.63, 3.8) is 0 Å². The van der Waals surface area contributed by atoms with Crippen LogP contribution in [0.3, 0.4) is 0 Å². The van der Waals surface area contributed by atoms with Gasteiger partial charge < -0.3 is 9.55 Å². The average Bonchev–Trinajstić information content (AvgIpc) is 2.71. The average molecular weight is 312 g/mol. The predicted octanol–water partition coefficient (Wildman–Crippen LogP) is 3.71. The fraction of sp³-hybridized carbons (Fsp3) is 0.500. The third-order valence-corrected chi connectivity index (χ3v) is 5.43. The van der Waals surface area contributed by atoms with Crippen LogP contribution in [0, 0.1) is 10.7 Å². The molecule has 110 valence electrons. The molecule has 1 N–H and O–H groups in total. The second-order valence-corrected chi connectivity index (χ2v) is 7.72. The number of hydrogen-bond acceptors (Lipinski definition) is 3. The summed E-state index contributed by atoms with van der Waals surface area (Å²) in [5.41, 5.74) is 1.46. The first kappa shape index (κ1) is 15.3. The number of aromatic amines is 1. The molecular weight excluding hydrogens is 292 g/mol. The minimum Gasteiger partial charge on any atom is -0.329 e. The van der Waals surface area contributed by atoms with Gasteiger partial charge in [0, 0.05) is 12.3 Å². The molecule has 0 aliphatic carbocycles. The van der Waals surface area contributed by atoms with Crippen molar-refractivity contribution < 1.29 is 8.42 Å². The van der Waals surface area contributed by atoms with Crippen LogP contribution in [0.5, 0.6) is 0 Å². The molecular formula is C14H20N2O2S2. The van der Waals surface area contributed by atoms with Crippen LogP contribution >= 0.6 is 12.2 Å². The molecule has 4 nitrogen and oxygen atoms in total. The molecule has 2 aromatic rings. The monoisotopic (exact) mass is 312 g/mol. The summed E-state index contributed by atoms with van der Waals surface area (Å²) in [5, 5.41) is 0. The fourth-order valence-corrected chi connectivity index (χ4v) is 3.65. The molecule has 1 heterocycles. The highest BCUT2D eigenvalue weighted by molar-refractivity contribution is 7.91. The van der Waals surface area contributed by atoms with Gasteiger partial charge in [0.05, 0.1) is 15.9 Å². The quantitative estimate of drug-likeness (QED) is 0.876. The molecule has 2 atom stereocenters. The van der Waals surface area contributed by atoms with Gasteiger partial charge in [0.15, 0.2) is 14.6 Å². The summed E-state index contributed by atoms with van der Waals surface area (Å²) in [6.07, 6.45) is 2.26. The summed E-state index contributed by atoms with van der Waals surface area (Å²) in [7, 11) is -3.28. The van der Waals surface area contributed by atoms with E-state index in [1.54, 1.807) is 12.1 Å². The van der Waals surface area contributed by atoms with Crippen molar-refractivity contribution in [2.24, 2.45) is 5.92 Å². The second-order valence-electron chi connectivity index (χ2n) is 5.35. The topological polar surface area (TPSA) is 54.9 Å². The van der Waals surface area contributed by atoms with Crippen molar-refractivity contribution in [2.75, 3.05) is 6.26 Å². The Kier molecular flexibility index (Phi) is 4.07. The Bertz CT molecular complexity index is 787. The first-order chi connectivity index (χ1) is 9.27. The number of benzene rings is 1. The zero-order chi connectivity index (χ0) is 15.1. The van der Waals surface area contributed by atoms with Crippen molar-refractivity contribution in [1.82, 2.24) is 9.55 Å². The Labute approximate surface area is 124 Å². The zero-order valence-corrected chi connectivity index (χ0v) is 13.8. The van der Waals surface area contributed by atoms with E-state index in [2.05, 4.69) is 25.8 Å². The number of fused-ring (bicyclic) bond motifs is 1. The maximum Gasteiger partial charge on any atom is 0.178 e. The van der Waals surface area contributed by atoms with Crippen molar-refractivity contribution in [3.8, 4) is 0 Å². The highest BCUT2D eigenvalue weighted by atomic mass is 32.2. The van der Waals surface area contributed by atoms with E-state index in [-0.39, 0.29) is 6.04 Å². The number of hydrogen-bond donors (Lipinski definition) is 1. The molecule has 1 aromatic carbocycles. The van der Waals surface area contributed by atoms with Crippen LogP contribution in [0.25, 0.3) is 11.0 Å². The lowest BCUT2D eigenvalue weighted by molar-refractivity contribution is 0.374. The van der Waals surface area contributed by atoms with E-state index < -0.39 is 9.84 Å². The second kappa shape index (κ2) is 5.33. The van der Waals surface area contributed by atoms with Crippen molar-refractivity contribution in [1.29, 1.82) is 0 Å². The van der Waals surface area contributed by atoms with E-state index in [1.165, 1.54) is 6.26 Å². The molecule has 0 spiro atoms. The normalized spacial score (nSPS) is 15.4. The third-order valence-electron chi connectivity index (χ3n) is 3.99. The summed E-state index contributed by atoms with van der Waals surface area (Å²) in [6, 6.07) is 5.51. The first-order valence-corrected chi connectivity index (χ1v) is 9.00. The SMILES string of the molecule is CCC(C)C(C)n1c(=S)[nH]c2c(S(C)(=O)=O)cccc21. The predicted molar refractivity (Wildman–Crippen MR) is 84.4 cm³/mol. The van der Waals surface area contributed by atoms with Crippen molar-refractivity contribution >= 4 is 33.1 Å². The lowest BCUT2D eigenvalue weighted by Crippen LogP contribution is -2.13. The van der Waals surface area contributed by atoms with Gasteiger partial charge in [0.2, 0.25) is 0 Å². The number of aromatic nitrogens is 2. The molecule has 0 amide bonds. The number of sulfone groups is 1. The van der Waals surface area contributed by atoms with Crippen LogP contribution in [-0.2, 0) is 9.84 Å². The van der Waals surface area contributed by atoms with Crippen molar-refractivity contribution in [3.05, 3.63) is 23.0 Å². The number of H-pyrrole nitrogens is 1. The Balaban J connectivity index is 2.77. The maximum absolute atomic E-state index is 11.9. The van der Waals surface area contributed by atoms with Gasteiger partial charge in [0.1, 0.15) is 0 Å². The molecule has 1 aromatic heterocycles. The molecule has 0 aliphatic heterocycles. The molecule has 20 heavy (non-hydrogen) atoms. The Morgan fingerprint density at radius 1 is 1.35 bits per heavy atom. The van der Waals surface area contributed by atoms with Crippen LogP contribution in [0.4, 0.5) is 0 Å². The number of imidazole rings is 1. The molecule has 0 bridgehead atoms. The molecule has 0 saturated carbocycles. The molecule has 2 unspecified atom stereocenters. The smallest absolute Gasteiger partial charge is 0.178 e. The summed E-state index contributed by atoms with van der Waals surface area (Å²) in [5.74, 6) is 0.461. The summed E-state index contributed by atoms with van der Waals surface area (Å²) < 4.78 is 26.3. The summed E-state index contributed by atoms with van der Waals surface area (Å²) in [6.45, 7) is 6.43. The largest absolute Gasteiger partial charge is 0.329 e. The lowest BCUT2D eigenvalue weighted by Gasteiger charge is -2.20. The van der Waals surface area contributed by atoms with Gasteiger partial charge in [-0.1, -0.05) is 26.3 Å². The molecule has 0 aliphatic rings. The Morgan fingerprint density at radius 2 is 2.00 bits per heavy atom. The van der Waals surface area contributed by atoms with Gasteiger partial charge in [-0.3, -0.25) is 0 Å². The van der Waals surface area contributed by atoms with Crippen LogP contribution < -0.4 is 0 Å². The molecule has 0 radical (unpaired) electrons. The highest BCUT2D eigenvalue weighted by Gasteiger charge is 2.20. The number of para-hydroxylation sites is 1. The third kappa shape index (κ3) is 2.54. The van der Waals surface area contributed by atoms with Crippen LogP contribution in [0.1, 0.15) is 33.2 Å². The van der Waals surface area contributed by atoms with Crippen molar-refractivity contribution in [2.45, 2.75) is 38.1 Å². The van der Waals surface area contributed by atoms with Crippen LogP contribution in [0.2, 0.25) is 0 Å². The van der Waals surface area contributed by atoms with E-state index in [9.17, 15) is 8.42 Å². The van der Waals surface area contributed by atoms with Crippen LogP contribution in [-0.4, -0.2) is 24.2 Å². The van der Waals surface area contributed by atoms with E-state index in [4.69, 9.17) is 12.2 Å². The van der Waals surface area contributed by atoms with Gasteiger partial charge in [-0.25, -0.2) is 8.42 Å². The van der Waals surface area contributed by atoms with Gasteiger partial charge >= 0.3 is 0 Å². The number of nitrogens with one attached hydrogen (secondary N) is 1. The summed E-state index contributed by atoms with van der Waals surface area (Å²) in [4.78, 5) is 3.36. The van der Waals surface area contributed by atoms with E-state index in [0.29, 0.717) is 21.1 Å².